The SMILES string of the molecule is COCc1cc(-c2[nH]c3ccc(C4CCN(CC(=O)N5CC(C)(C)C5)CC4)cc3c2C(C)C)cn2ncnc12. The molecule has 2 aliphatic heterocycles. The van der Waals surface area contributed by atoms with Crippen molar-refractivity contribution in [2.24, 2.45) is 5.41 Å². The third-order valence-electron chi connectivity index (χ3n) is 8.49. The fourth-order valence-corrected chi connectivity index (χ4v) is 6.58. The summed E-state index contributed by atoms with van der Waals surface area (Å²) >= 11 is 0. The minimum absolute atomic E-state index is 0.281. The molecule has 2 saturated heterocycles. The van der Waals surface area contributed by atoms with Crippen molar-refractivity contribution in [3.8, 4) is 11.3 Å². The average molecular weight is 529 g/mol. The third-order valence-corrected chi connectivity index (χ3v) is 8.49. The minimum atomic E-state index is 0.281. The summed E-state index contributed by atoms with van der Waals surface area (Å²) in [5.74, 6) is 1.15. The number of aromatic nitrogens is 4. The molecule has 2 aliphatic rings. The van der Waals surface area contributed by atoms with Crippen LogP contribution >= 0.6 is 0 Å². The number of carbonyl (C=O) groups is 1. The van der Waals surface area contributed by atoms with Crippen LogP contribution in [0.25, 0.3) is 27.8 Å². The van der Waals surface area contributed by atoms with Gasteiger partial charge in [-0.15, -0.1) is 0 Å². The smallest absolute Gasteiger partial charge is 0.236 e. The zero-order valence-corrected chi connectivity index (χ0v) is 23.8. The highest BCUT2D eigenvalue weighted by Gasteiger charge is 2.37. The van der Waals surface area contributed by atoms with E-state index >= 15 is 0 Å². The fourth-order valence-electron chi connectivity index (χ4n) is 6.58. The number of ether oxygens (including phenoxy) is 1. The summed E-state index contributed by atoms with van der Waals surface area (Å²) in [7, 11) is 1.71. The summed E-state index contributed by atoms with van der Waals surface area (Å²) in [4.78, 5) is 25.2. The highest BCUT2D eigenvalue weighted by molar-refractivity contribution is 5.92. The second-order valence-electron chi connectivity index (χ2n) is 12.6. The summed E-state index contributed by atoms with van der Waals surface area (Å²) in [6.07, 6.45) is 5.81. The number of aromatic amines is 1. The van der Waals surface area contributed by atoms with E-state index in [0.717, 1.165) is 67.0 Å². The van der Waals surface area contributed by atoms with Crippen LogP contribution in [0.3, 0.4) is 0 Å². The number of nitrogens with zero attached hydrogens (tertiary/aromatic N) is 5. The highest BCUT2D eigenvalue weighted by atomic mass is 16.5. The molecule has 0 atom stereocenters. The van der Waals surface area contributed by atoms with Gasteiger partial charge >= 0.3 is 0 Å². The topological polar surface area (TPSA) is 78.8 Å². The Balaban J connectivity index is 1.23. The Morgan fingerprint density at radius 2 is 1.95 bits per heavy atom. The van der Waals surface area contributed by atoms with Gasteiger partial charge in [0.1, 0.15) is 6.33 Å². The van der Waals surface area contributed by atoms with Gasteiger partial charge in [-0.1, -0.05) is 33.8 Å². The predicted molar refractivity (Wildman–Crippen MR) is 154 cm³/mol. The Kier molecular flexibility index (Phi) is 6.71. The quantitative estimate of drug-likeness (QED) is 0.357. The molecule has 1 aromatic carbocycles. The van der Waals surface area contributed by atoms with Gasteiger partial charge in [0, 0.05) is 48.4 Å². The standard InChI is InChI=1S/C31H40N6O2/c1-20(2)28-25-13-22(21-8-10-35(11-9-21)15-27(38)36-17-31(3,4)18-36)6-7-26(25)34-29(28)23-12-24(16-39-5)30-32-19-33-37(30)14-23/h6-7,12-14,19-21,34H,8-11,15-18H2,1-5H3. The van der Waals surface area contributed by atoms with Crippen molar-refractivity contribution in [1.82, 2.24) is 29.4 Å². The molecule has 6 rings (SSSR count). The molecule has 0 unspecified atom stereocenters. The van der Waals surface area contributed by atoms with E-state index in [9.17, 15) is 4.79 Å². The van der Waals surface area contributed by atoms with E-state index in [0.29, 0.717) is 25.0 Å². The van der Waals surface area contributed by atoms with Gasteiger partial charge in [0.05, 0.1) is 18.8 Å². The first-order valence-electron chi connectivity index (χ1n) is 14.2. The maximum absolute atomic E-state index is 12.7. The van der Waals surface area contributed by atoms with Gasteiger partial charge in [-0.05, 0) is 72.5 Å². The third kappa shape index (κ3) is 4.96. The number of nitrogens with one attached hydrogen (secondary N) is 1. The van der Waals surface area contributed by atoms with Crippen LogP contribution in [0.15, 0.2) is 36.8 Å². The normalized spacial score (nSPS) is 18.4. The molecular formula is C31H40N6O2. The van der Waals surface area contributed by atoms with E-state index in [1.807, 2.05) is 9.42 Å². The molecule has 3 aromatic heterocycles. The molecule has 0 bridgehead atoms. The number of amides is 1. The van der Waals surface area contributed by atoms with E-state index in [-0.39, 0.29) is 11.3 Å². The number of benzene rings is 1. The molecule has 8 nitrogen and oxygen atoms in total. The van der Waals surface area contributed by atoms with Crippen molar-refractivity contribution < 1.29 is 9.53 Å². The second-order valence-corrected chi connectivity index (χ2v) is 12.6. The lowest BCUT2D eigenvalue weighted by Gasteiger charge is -2.46. The maximum Gasteiger partial charge on any atom is 0.236 e. The molecule has 5 heterocycles. The van der Waals surface area contributed by atoms with Gasteiger partial charge in [-0.3, -0.25) is 9.69 Å². The number of rotatable bonds is 7. The molecule has 0 spiro atoms. The molecule has 0 saturated carbocycles. The monoisotopic (exact) mass is 528 g/mol. The van der Waals surface area contributed by atoms with E-state index in [1.54, 1.807) is 13.4 Å². The number of piperidine rings is 1. The number of hydrogen-bond donors (Lipinski definition) is 1. The molecule has 2 fully saturated rings. The summed E-state index contributed by atoms with van der Waals surface area (Å²) in [5.41, 5.74) is 8.23. The number of hydrogen-bond acceptors (Lipinski definition) is 5. The Labute approximate surface area is 230 Å². The van der Waals surface area contributed by atoms with Crippen LogP contribution in [0.4, 0.5) is 0 Å². The molecule has 8 heteroatoms. The molecule has 1 N–H and O–H groups in total. The van der Waals surface area contributed by atoms with Crippen LogP contribution < -0.4 is 0 Å². The predicted octanol–water partition coefficient (Wildman–Crippen LogP) is 5.20. The Bertz CT molecular complexity index is 1500. The first kappa shape index (κ1) is 26.0. The number of likely N-dealkylation sites (tertiary alicyclic amines) is 2. The fraction of sp³-hybridized carbons (Fsp3) is 0.516. The summed E-state index contributed by atoms with van der Waals surface area (Å²) in [6.45, 7) is 13.7. The van der Waals surface area contributed by atoms with E-state index < -0.39 is 0 Å². The Morgan fingerprint density at radius 3 is 2.64 bits per heavy atom. The zero-order chi connectivity index (χ0) is 27.3. The maximum atomic E-state index is 12.7. The molecule has 0 aliphatic carbocycles. The highest BCUT2D eigenvalue weighted by Crippen LogP contribution is 2.39. The minimum Gasteiger partial charge on any atom is -0.380 e. The van der Waals surface area contributed by atoms with Crippen LogP contribution in [0.5, 0.6) is 0 Å². The molecule has 4 aromatic rings. The number of fused-ring (bicyclic) bond motifs is 2. The second kappa shape index (κ2) is 10.1. The molecular weight excluding hydrogens is 488 g/mol. The van der Waals surface area contributed by atoms with Gasteiger partial charge in [-0.2, -0.15) is 5.10 Å². The molecule has 1 amide bonds. The van der Waals surface area contributed by atoms with E-state index in [4.69, 9.17) is 4.74 Å². The van der Waals surface area contributed by atoms with Gasteiger partial charge in [0.25, 0.3) is 0 Å². The van der Waals surface area contributed by atoms with Gasteiger partial charge in [0.15, 0.2) is 5.65 Å². The van der Waals surface area contributed by atoms with Crippen molar-refractivity contribution >= 4 is 22.5 Å². The number of pyridine rings is 1. The Morgan fingerprint density at radius 1 is 1.18 bits per heavy atom. The van der Waals surface area contributed by atoms with Crippen molar-refractivity contribution in [2.45, 2.75) is 59.0 Å². The van der Waals surface area contributed by atoms with Crippen LogP contribution in [0.1, 0.15) is 69.1 Å². The summed E-state index contributed by atoms with van der Waals surface area (Å²) in [6, 6.07) is 9.11. The van der Waals surface area contributed by atoms with Gasteiger partial charge < -0.3 is 14.6 Å². The first-order valence-corrected chi connectivity index (χ1v) is 14.2. The summed E-state index contributed by atoms with van der Waals surface area (Å²) in [5, 5.41) is 5.70. The largest absolute Gasteiger partial charge is 0.380 e. The Hall–Kier alpha value is -3.23. The summed E-state index contributed by atoms with van der Waals surface area (Å²) < 4.78 is 7.30. The lowest BCUT2D eigenvalue weighted by atomic mass is 9.84. The van der Waals surface area contributed by atoms with Crippen molar-refractivity contribution in [3.63, 3.8) is 0 Å². The lowest BCUT2D eigenvalue weighted by molar-refractivity contribution is -0.142. The molecule has 0 radical (unpaired) electrons. The van der Waals surface area contributed by atoms with E-state index in [1.165, 1.54) is 16.5 Å². The van der Waals surface area contributed by atoms with E-state index in [2.05, 4.69) is 78.1 Å². The zero-order valence-electron chi connectivity index (χ0n) is 23.8. The average Bonchev–Trinajstić information content (AvgIpc) is 3.52. The van der Waals surface area contributed by atoms with Crippen molar-refractivity contribution in [3.05, 3.63) is 53.5 Å². The van der Waals surface area contributed by atoms with Crippen molar-refractivity contribution in [1.29, 1.82) is 0 Å². The number of H-pyrrole nitrogens is 1. The van der Waals surface area contributed by atoms with Crippen LogP contribution in [-0.2, 0) is 16.1 Å². The number of methoxy groups -OCH3 is 1. The van der Waals surface area contributed by atoms with Crippen LogP contribution in [0.2, 0.25) is 0 Å². The van der Waals surface area contributed by atoms with Crippen LogP contribution in [0, 0.1) is 5.41 Å². The van der Waals surface area contributed by atoms with Crippen LogP contribution in [-0.4, -0.2) is 75.1 Å². The van der Waals surface area contributed by atoms with Gasteiger partial charge in [0.2, 0.25) is 5.91 Å². The number of carbonyl (C=O) groups excluding carboxylic acids is 1. The first-order chi connectivity index (χ1) is 18.7. The lowest BCUT2D eigenvalue weighted by Crippen LogP contribution is -2.57. The van der Waals surface area contributed by atoms with Crippen molar-refractivity contribution in [2.75, 3.05) is 39.8 Å². The molecule has 39 heavy (non-hydrogen) atoms. The van der Waals surface area contributed by atoms with Gasteiger partial charge in [-0.25, -0.2) is 9.50 Å². The molecule has 206 valence electrons.